The Hall–Kier alpha value is -0.0800. The zero-order valence-corrected chi connectivity index (χ0v) is 15.0. The lowest BCUT2D eigenvalue weighted by Crippen LogP contribution is -2.53. The van der Waals surface area contributed by atoms with Crippen molar-refractivity contribution in [3.8, 4) is 0 Å². The Morgan fingerprint density at radius 3 is 2.05 bits per heavy atom. The topological polar surface area (TPSA) is 35.2 Å². The number of unbranched alkanes of at least 4 members (excludes halogenated alkanes) is 5. The standard InChI is InChI=1S/C19H39NO/c1-5-7-8-9-10-11-12-17(20)19(21-6-2)15-13-18(3,4)14-16-19/h17H,5-16,20H2,1-4H3. The predicted molar refractivity (Wildman–Crippen MR) is 92.6 cm³/mol. The highest BCUT2D eigenvalue weighted by Crippen LogP contribution is 2.44. The van der Waals surface area contributed by atoms with Gasteiger partial charge in [0.15, 0.2) is 0 Å². The maximum atomic E-state index is 6.57. The van der Waals surface area contributed by atoms with Gasteiger partial charge in [-0.2, -0.15) is 0 Å². The summed E-state index contributed by atoms with van der Waals surface area (Å²) < 4.78 is 6.20. The molecule has 0 heterocycles. The summed E-state index contributed by atoms with van der Waals surface area (Å²) in [6.07, 6.45) is 14.0. The van der Waals surface area contributed by atoms with Crippen LogP contribution in [0.4, 0.5) is 0 Å². The van der Waals surface area contributed by atoms with Crippen molar-refractivity contribution in [2.75, 3.05) is 6.61 Å². The van der Waals surface area contributed by atoms with Crippen molar-refractivity contribution in [1.82, 2.24) is 0 Å². The van der Waals surface area contributed by atoms with Crippen LogP contribution in [-0.4, -0.2) is 18.2 Å². The average Bonchev–Trinajstić information content (AvgIpc) is 2.45. The Morgan fingerprint density at radius 2 is 1.48 bits per heavy atom. The van der Waals surface area contributed by atoms with Crippen LogP contribution >= 0.6 is 0 Å². The molecule has 0 aliphatic heterocycles. The lowest BCUT2D eigenvalue weighted by Gasteiger charge is -2.46. The maximum Gasteiger partial charge on any atom is 0.0832 e. The molecule has 0 aromatic rings. The molecule has 0 bridgehead atoms. The highest BCUT2D eigenvalue weighted by atomic mass is 16.5. The number of hydrogen-bond donors (Lipinski definition) is 1. The third-order valence-corrected chi connectivity index (χ3v) is 5.43. The second-order valence-electron chi connectivity index (χ2n) is 7.82. The first-order valence-electron chi connectivity index (χ1n) is 9.35. The van der Waals surface area contributed by atoms with E-state index in [0.29, 0.717) is 5.41 Å². The van der Waals surface area contributed by atoms with Gasteiger partial charge in [0.1, 0.15) is 0 Å². The summed E-state index contributed by atoms with van der Waals surface area (Å²) in [4.78, 5) is 0. The normalized spacial score (nSPS) is 22.1. The van der Waals surface area contributed by atoms with Crippen LogP contribution in [0.3, 0.4) is 0 Å². The Labute approximate surface area is 133 Å². The fourth-order valence-electron chi connectivity index (χ4n) is 3.67. The molecule has 2 N–H and O–H groups in total. The zero-order chi connectivity index (χ0) is 15.8. The predicted octanol–water partition coefficient (Wildman–Crippen LogP) is 5.44. The minimum atomic E-state index is -0.0340. The molecule has 1 rings (SSSR count). The van der Waals surface area contributed by atoms with Gasteiger partial charge in [-0.25, -0.2) is 0 Å². The lowest BCUT2D eigenvalue weighted by molar-refractivity contribution is -0.100. The quantitative estimate of drug-likeness (QED) is 0.545. The van der Waals surface area contributed by atoms with E-state index in [1.165, 1.54) is 51.4 Å². The molecular weight excluding hydrogens is 258 g/mol. The molecule has 126 valence electrons. The van der Waals surface area contributed by atoms with Gasteiger partial charge in [0.25, 0.3) is 0 Å². The molecule has 2 nitrogen and oxygen atoms in total. The molecule has 21 heavy (non-hydrogen) atoms. The average molecular weight is 298 g/mol. The second-order valence-corrected chi connectivity index (χ2v) is 7.82. The van der Waals surface area contributed by atoms with Gasteiger partial charge in [0.05, 0.1) is 5.60 Å². The highest BCUT2D eigenvalue weighted by Gasteiger charge is 2.42. The molecular formula is C19H39NO. The molecule has 0 saturated heterocycles. The van der Waals surface area contributed by atoms with Crippen molar-refractivity contribution in [2.45, 2.75) is 110 Å². The molecule has 1 fully saturated rings. The Morgan fingerprint density at radius 1 is 0.905 bits per heavy atom. The van der Waals surface area contributed by atoms with E-state index < -0.39 is 0 Å². The van der Waals surface area contributed by atoms with E-state index in [1.807, 2.05) is 0 Å². The van der Waals surface area contributed by atoms with Gasteiger partial charge in [-0.3, -0.25) is 0 Å². The molecule has 1 atom stereocenters. The molecule has 0 aromatic carbocycles. The van der Waals surface area contributed by atoms with E-state index >= 15 is 0 Å². The van der Waals surface area contributed by atoms with E-state index in [-0.39, 0.29) is 11.6 Å². The first-order valence-corrected chi connectivity index (χ1v) is 9.35. The second kappa shape index (κ2) is 9.15. The third kappa shape index (κ3) is 6.28. The summed E-state index contributed by atoms with van der Waals surface area (Å²) >= 11 is 0. The summed E-state index contributed by atoms with van der Waals surface area (Å²) in [6.45, 7) is 9.93. The monoisotopic (exact) mass is 297 g/mol. The van der Waals surface area contributed by atoms with Crippen LogP contribution in [0, 0.1) is 5.41 Å². The molecule has 1 aliphatic rings. The molecule has 1 unspecified atom stereocenters. The first kappa shape index (κ1) is 19.0. The number of nitrogens with two attached hydrogens (primary N) is 1. The highest BCUT2D eigenvalue weighted by molar-refractivity contribution is 4.97. The van der Waals surface area contributed by atoms with Crippen LogP contribution in [0.1, 0.15) is 98.3 Å². The van der Waals surface area contributed by atoms with Crippen molar-refractivity contribution in [2.24, 2.45) is 11.1 Å². The van der Waals surface area contributed by atoms with E-state index in [2.05, 4.69) is 27.7 Å². The SMILES string of the molecule is CCCCCCCCC(N)C1(OCC)CCC(C)(C)CC1. The summed E-state index contributed by atoms with van der Waals surface area (Å²) in [5, 5.41) is 0. The fraction of sp³-hybridized carbons (Fsp3) is 1.00. The molecule has 0 spiro atoms. The van der Waals surface area contributed by atoms with Crippen LogP contribution in [0.5, 0.6) is 0 Å². The first-order chi connectivity index (χ1) is 9.96. The van der Waals surface area contributed by atoms with Crippen LogP contribution in [0.25, 0.3) is 0 Å². The molecule has 0 amide bonds. The number of rotatable bonds is 10. The Kier molecular flexibility index (Phi) is 8.26. The summed E-state index contributed by atoms with van der Waals surface area (Å²) in [5.74, 6) is 0. The third-order valence-electron chi connectivity index (χ3n) is 5.43. The van der Waals surface area contributed by atoms with Crippen LogP contribution in [0.15, 0.2) is 0 Å². The Bertz CT molecular complexity index is 265. The van der Waals surface area contributed by atoms with E-state index in [9.17, 15) is 0 Å². The summed E-state index contributed by atoms with van der Waals surface area (Å²) in [5.41, 5.74) is 7.01. The molecule has 2 heteroatoms. The van der Waals surface area contributed by atoms with E-state index in [1.54, 1.807) is 0 Å². The van der Waals surface area contributed by atoms with Crippen molar-refractivity contribution in [1.29, 1.82) is 0 Å². The van der Waals surface area contributed by atoms with Crippen molar-refractivity contribution in [3.63, 3.8) is 0 Å². The van der Waals surface area contributed by atoms with Crippen LogP contribution in [0.2, 0.25) is 0 Å². The summed E-state index contributed by atoms with van der Waals surface area (Å²) in [7, 11) is 0. The van der Waals surface area contributed by atoms with E-state index in [0.717, 1.165) is 25.9 Å². The molecule has 1 saturated carbocycles. The number of hydrogen-bond acceptors (Lipinski definition) is 2. The fourth-order valence-corrected chi connectivity index (χ4v) is 3.67. The smallest absolute Gasteiger partial charge is 0.0832 e. The molecule has 0 aromatic heterocycles. The molecule has 1 aliphatic carbocycles. The van der Waals surface area contributed by atoms with Gasteiger partial charge in [-0.15, -0.1) is 0 Å². The maximum absolute atomic E-state index is 6.57. The van der Waals surface area contributed by atoms with Crippen LogP contribution < -0.4 is 5.73 Å². The largest absolute Gasteiger partial charge is 0.374 e. The zero-order valence-electron chi connectivity index (χ0n) is 15.0. The van der Waals surface area contributed by atoms with Gasteiger partial charge in [-0.1, -0.05) is 59.3 Å². The van der Waals surface area contributed by atoms with E-state index in [4.69, 9.17) is 10.5 Å². The van der Waals surface area contributed by atoms with Gasteiger partial charge in [0.2, 0.25) is 0 Å². The van der Waals surface area contributed by atoms with Crippen molar-refractivity contribution < 1.29 is 4.74 Å². The summed E-state index contributed by atoms with van der Waals surface area (Å²) in [6, 6.07) is 0.222. The van der Waals surface area contributed by atoms with Gasteiger partial charge >= 0.3 is 0 Å². The van der Waals surface area contributed by atoms with Gasteiger partial charge < -0.3 is 10.5 Å². The molecule has 0 radical (unpaired) electrons. The number of ether oxygens (including phenoxy) is 1. The lowest BCUT2D eigenvalue weighted by atomic mass is 9.68. The van der Waals surface area contributed by atoms with Gasteiger partial charge in [-0.05, 0) is 44.4 Å². The van der Waals surface area contributed by atoms with Crippen molar-refractivity contribution >= 4 is 0 Å². The Balaban J connectivity index is 2.38. The van der Waals surface area contributed by atoms with Gasteiger partial charge in [0, 0.05) is 12.6 Å². The van der Waals surface area contributed by atoms with Crippen molar-refractivity contribution in [3.05, 3.63) is 0 Å². The van der Waals surface area contributed by atoms with Crippen LogP contribution in [-0.2, 0) is 4.74 Å². The minimum Gasteiger partial charge on any atom is -0.374 e. The minimum absolute atomic E-state index is 0.0340.